The summed E-state index contributed by atoms with van der Waals surface area (Å²) in [6, 6.07) is 29.7. The minimum Gasteiger partial charge on any atom is -0.283 e. The minimum absolute atomic E-state index is 0.0191. The van der Waals surface area contributed by atoms with E-state index >= 15 is 0 Å². The molecule has 0 unspecified atom stereocenters. The number of halogens is 1. The Labute approximate surface area is 204 Å². The Bertz CT molecular complexity index is 1330. The fourth-order valence-corrected chi connectivity index (χ4v) is 5.36. The molecule has 0 aliphatic carbocycles. The van der Waals surface area contributed by atoms with Gasteiger partial charge in [0.15, 0.2) is 5.13 Å². The summed E-state index contributed by atoms with van der Waals surface area (Å²) in [4.78, 5) is 25.1. The second kappa shape index (κ2) is 9.65. The molecule has 0 atom stereocenters. The quantitative estimate of drug-likeness (QED) is 0.250. The molecule has 4 nitrogen and oxygen atoms in total. The number of nitrogens with zero attached hydrogens (tertiary/aromatic N) is 3. The van der Waals surface area contributed by atoms with E-state index in [0.29, 0.717) is 11.7 Å². The van der Waals surface area contributed by atoms with Crippen LogP contribution in [0.25, 0.3) is 10.2 Å². The first kappa shape index (κ1) is 21.5. The van der Waals surface area contributed by atoms with Crippen molar-refractivity contribution in [3.8, 4) is 0 Å². The number of hydrogen-bond acceptors (Lipinski definition) is 4. The van der Waals surface area contributed by atoms with Crippen LogP contribution in [0.5, 0.6) is 0 Å². The number of hydrogen-bond donors (Lipinski definition) is 0. The zero-order valence-corrected chi connectivity index (χ0v) is 20.0. The molecule has 0 saturated carbocycles. The van der Waals surface area contributed by atoms with Crippen molar-refractivity contribution < 1.29 is 4.79 Å². The van der Waals surface area contributed by atoms with Crippen LogP contribution in [-0.4, -0.2) is 15.9 Å². The lowest BCUT2D eigenvalue weighted by atomic mass is 9.90. The molecule has 5 rings (SSSR count). The summed E-state index contributed by atoms with van der Waals surface area (Å²) in [7, 11) is 0. The summed E-state index contributed by atoms with van der Waals surface area (Å²) in [6.45, 7) is 0.393. The van der Waals surface area contributed by atoms with Crippen molar-refractivity contribution >= 4 is 48.5 Å². The van der Waals surface area contributed by atoms with E-state index < -0.39 is 5.92 Å². The van der Waals surface area contributed by atoms with Crippen LogP contribution < -0.4 is 4.90 Å². The van der Waals surface area contributed by atoms with E-state index in [2.05, 4.69) is 20.9 Å². The van der Waals surface area contributed by atoms with Gasteiger partial charge >= 0.3 is 0 Å². The van der Waals surface area contributed by atoms with Crippen LogP contribution in [-0.2, 0) is 11.3 Å². The Morgan fingerprint density at radius 2 is 1.61 bits per heavy atom. The topological polar surface area (TPSA) is 46.1 Å². The van der Waals surface area contributed by atoms with Crippen molar-refractivity contribution in [3.05, 3.63) is 125 Å². The Kier molecular flexibility index (Phi) is 6.28. The molecule has 0 aliphatic rings. The lowest BCUT2D eigenvalue weighted by molar-refractivity contribution is -0.119. The molecule has 1 amide bonds. The predicted octanol–water partition coefficient (Wildman–Crippen LogP) is 6.82. The van der Waals surface area contributed by atoms with Gasteiger partial charge in [0.25, 0.3) is 0 Å². The molecule has 6 heteroatoms. The second-order valence-electron chi connectivity index (χ2n) is 7.65. The number of benzene rings is 3. The fraction of sp³-hybridized carbons (Fsp3) is 0.0741. The van der Waals surface area contributed by atoms with Gasteiger partial charge in [0, 0.05) is 16.9 Å². The van der Waals surface area contributed by atoms with Gasteiger partial charge in [0.05, 0.1) is 22.7 Å². The third-order valence-corrected chi connectivity index (χ3v) is 6.95. The Hall–Kier alpha value is -3.35. The van der Waals surface area contributed by atoms with Gasteiger partial charge < -0.3 is 0 Å². The van der Waals surface area contributed by atoms with Crippen LogP contribution in [0.3, 0.4) is 0 Å². The molecule has 0 aliphatic heterocycles. The molecule has 5 aromatic rings. The number of fused-ring (bicyclic) bond motifs is 1. The Morgan fingerprint density at radius 1 is 0.909 bits per heavy atom. The fourth-order valence-electron chi connectivity index (χ4n) is 3.84. The van der Waals surface area contributed by atoms with Crippen LogP contribution in [0.1, 0.15) is 22.6 Å². The molecule has 33 heavy (non-hydrogen) atoms. The molecule has 0 radical (unpaired) electrons. The van der Waals surface area contributed by atoms with E-state index in [4.69, 9.17) is 4.98 Å². The summed E-state index contributed by atoms with van der Waals surface area (Å²) in [5.41, 5.74) is 3.73. The first-order chi connectivity index (χ1) is 16.2. The minimum atomic E-state index is -0.442. The molecule has 162 valence electrons. The van der Waals surface area contributed by atoms with Crippen LogP contribution in [0.15, 0.2) is 108 Å². The van der Waals surface area contributed by atoms with Crippen molar-refractivity contribution in [2.45, 2.75) is 12.5 Å². The van der Waals surface area contributed by atoms with Gasteiger partial charge in [-0.1, -0.05) is 94.0 Å². The average Bonchev–Trinajstić information content (AvgIpc) is 3.27. The van der Waals surface area contributed by atoms with E-state index in [1.165, 1.54) is 11.3 Å². The first-order valence-electron chi connectivity index (χ1n) is 10.6. The highest BCUT2D eigenvalue weighted by molar-refractivity contribution is 9.10. The monoisotopic (exact) mass is 513 g/mol. The standard InChI is InChI=1S/C27H20BrN3OS/c28-22-13-14-23-24(16-22)33-27(30-23)31(18-19-8-7-15-29-17-19)26(32)25(20-9-3-1-4-10-20)21-11-5-2-6-12-21/h1-17,25H,18H2. The summed E-state index contributed by atoms with van der Waals surface area (Å²) >= 11 is 5.05. The molecule has 0 spiro atoms. The van der Waals surface area contributed by atoms with Crippen LogP contribution in [0.2, 0.25) is 0 Å². The van der Waals surface area contributed by atoms with E-state index in [1.807, 2.05) is 91.0 Å². The van der Waals surface area contributed by atoms with Crippen molar-refractivity contribution in [1.82, 2.24) is 9.97 Å². The molecule has 0 N–H and O–H groups in total. The van der Waals surface area contributed by atoms with Crippen molar-refractivity contribution in [3.63, 3.8) is 0 Å². The smallest absolute Gasteiger partial charge is 0.241 e. The van der Waals surface area contributed by atoms with Gasteiger partial charge in [-0.25, -0.2) is 4.98 Å². The highest BCUT2D eigenvalue weighted by atomic mass is 79.9. The number of carbonyl (C=O) groups excluding carboxylic acids is 1. The van der Waals surface area contributed by atoms with E-state index in [1.54, 1.807) is 17.3 Å². The van der Waals surface area contributed by atoms with Crippen molar-refractivity contribution in [1.29, 1.82) is 0 Å². The third-order valence-electron chi connectivity index (χ3n) is 5.41. The molecule has 3 aromatic carbocycles. The number of aromatic nitrogens is 2. The van der Waals surface area contributed by atoms with Crippen LogP contribution in [0.4, 0.5) is 5.13 Å². The van der Waals surface area contributed by atoms with Crippen LogP contribution in [0, 0.1) is 0 Å². The molecule has 0 saturated heterocycles. The largest absolute Gasteiger partial charge is 0.283 e. The molecular weight excluding hydrogens is 494 g/mol. The number of pyridine rings is 1. The zero-order valence-electron chi connectivity index (χ0n) is 17.6. The predicted molar refractivity (Wildman–Crippen MR) is 137 cm³/mol. The number of anilines is 1. The maximum Gasteiger partial charge on any atom is 0.241 e. The summed E-state index contributed by atoms with van der Waals surface area (Å²) in [5.74, 6) is -0.461. The molecule has 0 bridgehead atoms. The maximum atomic E-state index is 14.3. The maximum absolute atomic E-state index is 14.3. The zero-order chi connectivity index (χ0) is 22.6. The average molecular weight is 514 g/mol. The van der Waals surface area contributed by atoms with E-state index in [-0.39, 0.29) is 5.91 Å². The van der Waals surface area contributed by atoms with E-state index in [9.17, 15) is 4.79 Å². The Morgan fingerprint density at radius 3 is 2.24 bits per heavy atom. The molecule has 2 aromatic heterocycles. The van der Waals surface area contributed by atoms with Gasteiger partial charge in [-0.15, -0.1) is 0 Å². The summed E-state index contributed by atoms with van der Waals surface area (Å²) < 4.78 is 2.01. The van der Waals surface area contributed by atoms with Gasteiger partial charge in [-0.2, -0.15) is 0 Å². The highest BCUT2D eigenvalue weighted by Gasteiger charge is 2.30. The number of carbonyl (C=O) groups is 1. The third kappa shape index (κ3) is 4.72. The summed E-state index contributed by atoms with van der Waals surface area (Å²) in [6.07, 6.45) is 3.53. The number of amides is 1. The normalized spacial score (nSPS) is 11.1. The van der Waals surface area contributed by atoms with Gasteiger partial charge in [0.2, 0.25) is 5.91 Å². The lowest BCUT2D eigenvalue weighted by Gasteiger charge is -2.26. The number of rotatable bonds is 6. The second-order valence-corrected chi connectivity index (χ2v) is 9.57. The van der Waals surface area contributed by atoms with E-state index in [0.717, 1.165) is 31.4 Å². The van der Waals surface area contributed by atoms with Gasteiger partial charge in [0.1, 0.15) is 0 Å². The number of thiazole rings is 1. The first-order valence-corrected chi connectivity index (χ1v) is 12.2. The Balaban J connectivity index is 1.62. The molecular formula is C27H20BrN3OS. The summed E-state index contributed by atoms with van der Waals surface area (Å²) in [5, 5.41) is 0.675. The van der Waals surface area contributed by atoms with Crippen molar-refractivity contribution in [2.24, 2.45) is 0 Å². The van der Waals surface area contributed by atoms with Gasteiger partial charge in [-0.3, -0.25) is 14.7 Å². The SMILES string of the molecule is O=C(C(c1ccccc1)c1ccccc1)N(Cc1cccnc1)c1nc2ccc(Br)cc2s1. The lowest BCUT2D eigenvalue weighted by Crippen LogP contribution is -2.35. The van der Waals surface area contributed by atoms with Crippen molar-refractivity contribution in [2.75, 3.05) is 4.90 Å². The highest BCUT2D eigenvalue weighted by Crippen LogP contribution is 2.35. The molecule has 0 fully saturated rings. The molecule has 2 heterocycles. The van der Waals surface area contributed by atoms with Crippen LogP contribution >= 0.6 is 27.3 Å². The van der Waals surface area contributed by atoms with Gasteiger partial charge in [-0.05, 0) is 41.0 Å².